The van der Waals surface area contributed by atoms with Crippen molar-refractivity contribution in [2.45, 2.75) is 0 Å². The molecular formula is C14H18N2O3. The molecule has 0 spiro atoms. The van der Waals surface area contributed by atoms with Crippen LogP contribution in [-0.4, -0.2) is 57.0 Å². The highest BCUT2D eigenvalue weighted by Crippen LogP contribution is 2.17. The summed E-state index contributed by atoms with van der Waals surface area (Å²) in [6, 6.07) is 7.29. The Bertz CT molecular complexity index is 445. The van der Waals surface area contributed by atoms with Crippen molar-refractivity contribution in [3.63, 3.8) is 0 Å². The summed E-state index contributed by atoms with van der Waals surface area (Å²) in [7, 11) is 1.63. The first-order valence-electron chi connectivity index (χ1n) is 6.31. The zero-order valence-corrected chi connectivity index (χ0v) is 11.0. The van der Waals surface area contributed by atoms with Crippen molar-refractivity contribution in [1.82, 2.24) is 4.90 Å². The van der Waals surface area contributed by atoms with E-state index >= 15 is 0 Å². The summed E-state index contributed by atoms with van der Waals surface area (Å²) in [6.07, 6.45) is 0.817. The maximum Gasteiger partial charge on any atom is 0.242 e. The van der Waals surface area contributed by atoms with E-state index in [1.165, 1.54) is 0 Å². The lowest BCUT2D eigenvalue weighted by molar-refractivity contribution is -0.131. The fourth-order valence-corrected chi connectivity index (χ4v) is 2.13. The molecular weight excluding hydrogens is 244 g/mol. The summed E-state index contributed by atoms with van der Waals surface area (Å²) in [5.74, 6) is 0.114. The second-order valence-corrected chi connectivity index (χ2v) is 4.50. The van der Waals surface area contributed by atoms with E-state index in [9.17, 15) is 9.59 Å². The van der Waals surface area contributed by atoms with Crippen LogP contribution in [0, 0.1) is 0 Å². The summed E-state index contributed by atoms with van der Waals surface area (Å²) >= 11 is 0. The number of hydrogen-bond acceptors (Lipinski definition) is 4. The Morgan fingerprint density at radius 1 is 1.26 bits per heavy atom. The van der Waals surface area contributed by atoms with Gasteiger partial charge in [-0.3, -0.25) is 9.59 Å². The molecule has 0 aromatic heterocycles. The van der Waals surface area contributed by atoms with Crippen LogP contribution < -0.4 is 4.90 Å². The highest BCUT2D eigenvalue weighted by molar-refractivity contribution is 5.83. The first kappa shape index (κ1) is 13.5. The van der Waals surface area contributed by atoms with Crippen molar-refractivity contribution in [3.05, 3.63) is 29.8 Å². The number of carbonyl (C=O) groups excluding carboxylic acids is 2. The van der Waals surface area contributed by atoms with Crippen LogP contribution in [0.4, 0.5) is 5.69 Å². The van der Waals surface area contributed by atoms with Crippen LogP contribution in [0.5, 0.6) is 0 Å². The number of amides is 1. The molecule has 1 heterocycles. The number of carbonyl (C=O) groups is 2. The Morgan fingerprint density at radius 3 is 2.58 bits per heavy atom. The maximum atomic E-state index is 12.0. The molecule has 1 aromatic rings. The second kappa shape index (κ2) is 6.33. The maximum absolute atomic E-state index is 12.0. The number of methoxy groups -OCH3 is 1. The molecule has 1 aromatic carbocycles. The molecule has 1 amide bonds. The summed E-state index contributed by atoms with van der Waals surface area (Å²) in [5.41, 5.74) is 1.62. The quantitative estimate of drug-likeness (QED) is 0.736. The predicted molar refractivity (Wildman–Crippen MR) is 72.5 cm³/mol. The molecule has 5 heteroatoms. The van der Waals surface area contributed by atoms with Crippen molar-refractivity contribution < 1.29 is 14.3 Å². The van der Waals surface area contributed by atoms with E-state index < -0.39 is 0 Å². The van der Waals surface area contributed by atoms with Crippen molar-refractivity contribution in [3.8, 4) is 0 Å². The molecule has 5 nitrogen and oxygen atoms in total. The molecule has 0 atom stereocenters. The molecule has 0 bridgehead atoms. The fourth-order valence-electron chi connectivity index (χ4n) is 2.13. The largest absolute Gasteiger partial charge is 0.383 e. The first-order chi connectivity index (χ1) is 9.24. The minimum Gasteiger partial charge on any atom is -0.383 e. The molecule has 0 radical (unpaired) electrons. The molecule has 2 rings (SSSR count). The molecule has 1 aliphatic rings. The van der Waals surface area contributed by atoms with Gasteiger partial charge in [0.05, 0.1) is 13.2 Å². The van der Waals surface area contributed by atoms with E-state index in [2.05, 4.69) is 0 Å². The van der Waals surface area contributed by atoms with E-state index in [0.717, 1.165) is 18.5 Å². The minimum atomic E-state index is 0.114. The van der Waals surface area contributed by atoms with Gasteiger partial charge in [-0.25, -0.2) is 0 Å². The number of rotatable bonds is 5. The Morgan fingerprint density at radius 2 is 2.00 bits per heavy atom. The van der Waals surface area contributed by atoms with Crippen molar-refractivity contribution in [1.29, 1.82) is 0 Å². The summed E-state index contributed by atoms with van der Waals surface area (Å²) in [6.45, 7) is 3.10. The summed E-state index contributed by atoms with van der Waals surface area (Å²) < 4.78 is 4.99. The van der Waals surface area contributed by atoms with E-state index in [4.69, 9.17) is 4.74 Å². The third kappa shape index (κ3) is 3.32. The molecule has 1 aliphatic heterocycles. The van der Waals surface area contributed by atoms with Gasteiger partial charge in [0.15, 0.2) is 0 Å². The Balaban J connectivity index is 1.97. The van der Waals surface area contributed by atoms with E-state index in [-0.39, 0.29) is 5.91 Å². The van der Waals surface area contributed by atoms with Crippen LogP contribution in [0.15, 0.2) is 24.3 Å². The van der Waals surface area contributed by atoms with Gasteiger partial charge in [-0.05, 0) is 24.3 Å². The van der Waals surface area contributed by atoms with Gasteiger partial charge in [0.1, 0.15) is 6.29 Å². The number of nitrogens with zero attached hydrogens (tertiary/aromatic N) is 2. The van der Waals surface area contributed by atoms with Gasteiger partial charge in [0, 0.05) is 38.0 Å². The van der Waals surface area contributed by atoms with Gasteiger partial charge in [0.2, 0.25) is 5.91 Å². The molecule has 0 unspecified atom stereocenters. The number of ether oxygens (including phenoxy) is 1. The lowest BCUT2D eigenvalue weighted by Crippen LogP contribution is -2.51. The number of anilines is 1. The molecule has 0 aliphatic carbocycles. The molecule has 1 fully saturated rings. The van der Waals surface area contributed by atoms with Crippen LogP contribution in [-0.2, 0) is 9.53 Å². The standard InChI is InChI=1S/C14H18N2O3/c1-19-9-8-15-6-7-16(10-14(15)18)13-4-2-12(11-17)3-5-13/h2-5,11H,6-10H2,1H3. The summed E-state index contributed by atoms with van der Waals surface area (Å²) in [5, 5.41) is 0. The average Bonchev–Trinajstić information content (AvgIpc) is 2.46. The highest BCUT2D eigenvalue weighted by atomic mass is 16.5. The van der Waals surface area contributed by atoms with Crippen LogP contribution in [0.25, 0.3) is 0 Å². The fraction of sp³-hybridized carbons (Fsp3) is 0.429. The van der Waals surface area contributed by atoms with E-state index in [0.29, 0.717) is 31.8 Å². The Kier molecular flexibility index (Phi) is 4.52. The number of piperazine rings is 1. The Labute approximate surface area is 112 Å². The van der Waals surface area contributed by atoms with Gasteiger partial charge in [-0.1, -0.05) is 0 Å². The zero-order chi connectivity index (χ0) is 13.7. The molecule has 0 N–H and O–H groups in total. The molecule has 1 saturated heterocycles. The topological polar surface area (TPSA) is 49.9 Å². The van der Waals surface area contributed by atoms with E-state index in [1.807, 2.05) is 21.9 Å². The SMILES string of the molecule is COCCN1CCN(c2ccc(C=O)cc2)CC1=O. The van der Waals surface area contributed by atoms with E-state index in [1.54, 1.807) is 19.2 Å². The second-order valence-electron chi connectivity index (χ2n) is 4.50. The average molecular weight is 262 g/mol. The molecule has 0 saturated carbocycles. The lowest BCUT2D eigenvalue weighted by atomic mass is 10.2. The van der Waals surface area contributed by atoms with Gasteiger partial charge in [-0.2, -0.15) is 0 Å². The Hall–Kier alpha value is -1.88. The third-order valence-electron chi connectivity index (χ3n) is 3.28. The normalized spacial score (nSPS) is 15.7. The minimum absolute atomic E-state index is 0.114. The molecule has 102 valence electrons. The monoisotopic (exact) mass is 262 g/mol. The summed E-state index contributed by atoms with van der Waals surface area (Å²) in [4.78, 5) is 26.4. The molecule has 19 heavy (non-hydrogen) atoms. The van der Waals surface area contributed by atoms with Gasteiger partial charge in [-0.15, -0.1) is 0 Å². The lowest BCUT2D eigenvalue weighted by Gasteiger charge is -2.35. The van der Waals surface area contributed by atoms with Crippen molar-refractivity contribution >= 4 is 17.9 Å². The van der Waals surface area contributed by atoms with Crippen LogP contribution in [0.2, 0.25) is 0 Å². The van der Waals surface area contributed by atoms with Gasteiger partial charge < -0.3 is 14.5 Å². The smallest absolute Gasteiger partial charge is 0.242 e. The first-order valence-corrected chi connectivity index (χ1v) is 6.31. The zero-order valence-electron chi connectivity index (χ0n) is 11.0. The number of benzene rings is 1. The van der Waals surface area contributed by atoms with Crippen LogP contribution in [0.3, 0.4) is 0 Å². The van der Waals surface area contributed by atoms with Crippen LogP contribution >= 0.6 is 0 Å². The van der Waals surface area contributed by atoms with Crippen LogP contribution in [0.1, 0.15) is 10.4 Å². The van der Waals surface area contributed by atoms with Gasteiger partial charge in [0.25, 0.3) is 0 Å². The van der Waals surface area contributed by atoms with Crippen molar-refractivity contribution in [2.75, 3.05) is 44.8 Å². The number of aldehydes is 1. The highest BCUT2D eigenvalue weighted by Gasteiger charge is 2.23. The van der Waals surface area contributed by atoms with Gasteiger partial charge >= 0.3 is 0 Å². The predicted octanol–water partition coefficient (Wildman–Crippen LogP) is 0.794. The van der Waals surface area contributed by atoms with Crippen molar-refractivity contribution in [2.24, 2.45) is 0 Å². The number of hydrogen-bond donors (Lipinski definition) is 0. The third-order valence-corrected chi connectivity index (χ3v) is 3.28.